The number of aromatic nitrogens is 2. The molecule has 0 saturated carbocycles. The highest BCUT2D eigenvalue weighted by molar-refractivity contribution is 7.92. The van der Waals surface area contributed by atoms with Crippen LogP contribution in [-0.4, -0.2) is 42.6 Å². The Balaban J connectivity index is 1.68. The Hall–Kier alpha value is -3.67. The summed E-state index contributed by atoms with van der Waals surface area (Å²) in [4.78, 5) is 21.8. The Morgan fingerprint density at radius 2 is 1.85 bits per heavy atom. The fraction of sp³-hybridized carbons (Fsp3) is 0.370. The topological polar surface area (TPSA) is 112 Å². The van der Waals surface area contributed by atoms with Crippen molar-refractivity contribution >= 4 is 27.6 Å². The van der Waals surface area contributed by atoms with Crippen LogP contribution in [0.4, 0.5) is 24.8 Å². The molecule has 1 atom stereocenters. The Kier molecular flexibility index (Phi) is 7.87. The zero-order valence-electron chi connectivity index (χ0n) is 21.5. The first-order chi connectivity index (χ1) is 18.3. The van der Waals surface area contributed by atoms with Crippen LogP contribution in [0.25, 0.3) is 11.3 Å². The van der Waals surface area contributed by atoms with Crippen molar-refractivity contribution in [2.45, 2.75) is 50.7 Å². The van der Waals surface area contributed by atoms with E-state index in [9.17, 15) is 31.5 Å². The third-order valence-electron chi connectivity index (χ3n) is 6.75. The number of benzene rings is 1. The van der Waals surface area contributed by atoms with Gasteiger partial charge in [0.25, 0.3) is 10.0 Å². The van der Waals surface area contributed by atoms with Gasteiger partial charge in [0.05, 0.1) is 16.7 Å². The molecular weight excluding hydrogens is 533 g/mol. The Morgan fingerprint density at radius 1 is 1.10 bits per heavy atom. The van der Waals surface area contributed by atoms with Crippen molar-refractivity contribution in [2.75, 3.05) is 22.7 Å². The number of anilines is 2. The molecule has 2 aromatic heterocycles. The van der Waals surface area contributed by atoms with Gasteiger partial charge in [-0.3, -0.25) is 9.52 Å². The van der Waals surface area contributed by atoms with Crippen molar-refractivity contribution in [1.82, 2.24) is 9.97 Å². The maximum absolute atomic E-state index is 13.9. The van der Waals surface area contributed by atoms with E-state index in [1.54, 1.807) is 36.1 Å². The predicted octanol–water partition coefficient (Wildman–Crippen LogP) is 5.61. The van der Waals surface area contributed by atoms with Crippen molar-refractivity contribution < 1.29 is 31.5 Å². The van der Waals surface area contributed by atoms with Crippen molar-refractivity contribution in [3.8, 4) is 11.3 Å². The molecule has 2 N–H and O–H groups in total. The van der Waals surface area contributed by atoms with Crippen molar-refractivity contribution in [3.63, 3.8) is 0 Å². The van der Waals surface area contributed by atoms with E-state index in [4.69, 9.17) is 0 Å². The Bertz CT molecular complexity index is 1480. The van der Waals surface area contributed by atoms with Crippen LogP contribution < -0.4 is 9.62 Å². The number of carboxylic acids is 1. The molecule has 3 aromatic rings. The van der Waals surface area contributed by atoms with Gasteiger partial charge in [-0.1, -0.05) is 43.7 Å². The van der Waals surface area contributed by atoms with Crippen molar-refractivity contribution in [1.29, 1.82) is 0 Å². The Morgan fingerprint density at radius 3 is 2.54 bits per heavy atom. The molecule has 3 heterocycles. The first kappa shape index (κ1) is 28.3. The van der Waals surface area contributed by atoms with E-state index in [2.05, 4.69) is 14.7 Å². The van der Waals surface area contributed by atoms with E-state index in [1.807, 2.05) is 6.92 Å². The lowest BCUT2D eigenvalue weighted by molar-refractivity contribution is -0.148. The maximum atomic E-state index is 13.9. The SMILES string of the molecule is CCCc1ccccc1-c1nc(NS(=O)(=O)c2cccc(N3CCC[C@@](C)(C(=O)O)C3)n2)ccc1C(F)(F)F. The average molecular weight is 563 g/mol. The first-order valence-electron chi connectivity index (χ1n) is 12.5. The number of rotatable bonds is 8. The molecule has 0 amide bonds. The molecule has 1 aliphatic heterocycles. The number of aliphatic carboxylic acids is 1. The zero-order valence-corrected chi connectivity index (χ0v) is 22.3. The molecule has 0 aliphatic carbocycles. The van der Waals surface area contributed by atoms with Gasteiger partial charge in [0, 0.05) is 18.7 Å². The van der Waals surface area contributed by atoms with E-state index in [-0.39, 0.29) is 28.6 Å². The van der Waals surface area contributed by atoms with E-state index in [0.29, 0.717) is 43.6 Å². The quantitative estimate of drug-likeness (QED) is 0.367. The second-order valence-corrected chi connectivity index (χ2v) is 11.5. The number of aryl methyl sites for hydroxylation is 1. The number of piperidine rings is 1. The summed E-state index contributed by atoms with van der Waals surface area (Å²) in [6, 6.07) is 12.7. The minimum absolute atomic E-state index is 0.160. The van der Waals surface area contributed by atoms with E-state index >= 15 is 0 Å². The van der Waals surface area contributed by atoms with Crippen LogP contribution in [0.3, 0.4) is 0 Å². The lowest BCUT2D eigenvalue weighted by Crippen LogP contribution is -2.46. The van der Waals surface area contributed by atoms with E-state index < -0.39 is 33.1 Å². The number of nitrogens with one attached hydrogen (secondary N) is 1. The summed E-state index contributed by atoms with van der Waals surface area (Å²) in [7, 11) is -4.34. The highest BCUT2D eigenvalue weighted by Crippen LogP contribution is 2.38. The number of hydrogen-bond acceptors (Lipinski definition) is 6. The van der Waals surface area contributed by atoms with Gasteiger partial charge in [0.2, 0.25) is 0 Å². The molecule has 1 fully saturated rings. The van der Waals surface area contributed by atoms with Gasteiger partial charge in [-0.05, 0) is 56.0 Å². The number of hydrogen-bond donors (Lipinski definition) is 2. The molecule has 0 radical (unpaired) electrons. The smallest absolute Gasteiger partial charge is 0.418 e. The van der Waals surface area contributed by atoms with Gasteiger partial charge >= 0.3 is 12.1 Å². The molecule has 0 bridgehead atoms. The third-order valence-corrected chi connectivity index (χ3v) is 8.01. The number of carboxylic acid groups (broad SMARTS) is 1. The second-order valence-electron chi connectivity index (χ2n) is 9.83. The number of halogens is 3. The summed E-state index contributed by atoms with van der Waals surface area (Å²) in [5, 5.41) is 9.24. The van der Waals surface area contributed by atoms with Gasteiger partial charge in [-0.2, -0.15) is 21.6 Å². The van der Waals surface area contributed by atoms with E-state index in [1.165, 1.54) is 18.2 Å². The number of alkyl halides is 3. The lowest BCUT2D eigenvalue weighted by atomic mass is 9.82. The molecule has 1 aromatic carbocycles. The highest BCUT2D eigenvalue weighted by Gasteiger charge is 2.39. The van der Waals surface area contributed by atoms with Gasteiger partial charge in [-0.15, -0.1) is 0 Å². The number of sulfonamides is 1. The molecule has 0 unspecified atom stereocenters. The van der Waals surface area contributed by atoms with Gasteiger partial charge in [-0.25, -0.2) is 9.97 Å². The molecule has 39 heavy (non-hydrogen) atoms. The summed E-state index contributed by atoms with van der Waals surface area (Å²) in [5.74, 6) is -0.935. The lowest BCUT2D eigenvalue weighted by Gasteiger charge is -2.38. The monoisotopic (exact) mass is 562 g/mol. The molecule has 8 nitrogen and oxygen atoms in total. The van der Waals surface area contributed by atoms with Gasteiger partial charge in [0.1, 0.15) is 11.6 Å². The molecule has 12 heteroatoms. The van der Waals surface area contributed by atoms with Crippen LogP contribution in [0.2, 0.25) is 0 Å². The van der Waals surface area contributed by atoms with Crippen LogP contribution in [0.1, 0.15) is 44.2 Å². The van der Waals surface area contributed by atoms with Gasteiger partial charge in [0.15, 0.2) is 5.03 Å². The summed E-state index contributed by atoms with van der Waals surface area (Å²) >= 11 is 0. The summed E-state index contributed by atoms with van der Waals surface area (Å²) in [6.07, 6.45) is -2.39. The largest absolute Gasteiger partial charge is 0.481 e. The van der Waals surface area contributed by atoms with Gasteiger partial charge < -0.3 is 10.0 Å². The third kappa shape index (κ3) is 6.16. The number of carbonyl (C=O) groups is 1. The van der Waals surface area contributed by atoms with E-state index in [0.717, 1.165) is 12.1 Å². The average Bonchev–Trinajstić information content (AvgIpc) is 2.88. The summed E-state index contributed by atoms with van der Waals surface area (Å²) in [5.41, 5.74) is -1.39. The van der Waals surface area contributed by atoms with Crippen molar-refractivity contribution in [3.05, 3.63) is 65.7 Å². The molecule has 208 valence electrons. The first-order valence-corrected chi connectivity index (χ1v) is 14.0. The number of pyridine rings is 2. The minimum Gasteiger partial charge on any atom is -0.481 e. The standard InChI is InChI=1S/C27H29F3N4O4S/c1-3-8-18-9-4-5-10-19(18)24-20(27(28,29)30)13-14-21(31-24)33-39(37,38)23-12-6-11-22(32-23)34-16-7-15-26(2,17-34)25(35)36/h4-6,9-14H,3,7-8,15-17H2,1-2H3,(H,31,33)(H,35,36)/t26-/m1/s1. The molecular formula is C27H29F3N4O4S. The van der Waals surface area contributed by atoms with Crippen molar-refractivity contribution in [2.24, 2.45) is 5.41 Å². The van der Waals surface area contributed by atoms with Crippen LogP contribution in [0, 0.1) is 5.41 Å². The normalized spacial score (nSPS) is 18.1. The molecule has 4 rings (SSSR count). The second kappa shape index (κ2) is 10.8. The van der Waals surface area contributed by atoms with Crippen LogP contribution >= 0.6 is 0 Å². The fourth-order valence-corrected chi connectivity index (χ4v) is 5.68. The molecule has 1 aliphatic rings. The maximum Gasteiger partial charge on any atom is 0.418 e. The van der Waals surface area contributed by atoms with Crippen LogP contribution in [0.5, 0.6) is 0 Å². The predicted molar refractivity (Wildman–Crippen MR) is 141 cm³/mol. The minimum atomic E-state index is -4.70. The van der Waals surface area contributed by atoms with Crippen LogP contribution in [0.15, 0.2) is 59.6 Å². The zero-order chi connectivity index (χ0) is 28.4. The number of nitrogens with zero attached hydrogens (tertiary/aromatic N) is 3. The summed E-state index contributed by atoms with van der Waals surface area (Å²) in [6.45, 7) is 4.21. The summed E-state index contributed by atoms with van der Waals surface area (Å²) < 4.78 is 70.3. The fourth-order valence-electron chi connectivity index (χ4n) is 4.72. The highest BCUT2D eigenvalue weighted by atomic mass is 32.2. The van der Waals surface area contributed by atoms with Crippen LogP contribution in [-0.2, 0) is 27.4 Å². The Labute approximate surface area is 225 Å². The molecule has 1 saturated heterocycles. The molecule has 0 spiro atoms.